The van der Waals surface area contributed by atoms with E-state index in [1.807, 2.05) is 31.2 Å². The highest BCUT2D eigenvalue weighted by atomic mass is 32.1. The van der Waals surface area contributed by atoms with E-state index in [4.69, 9.17) is 0 Å². The molecule has 2 aromatic carbocycles. The maximum atomic E-state index is 13.0. The molecule has 0 aliphatic carbocycles. The van der Waals surface area contributed by atoms with Gasteiger partial charge in [-0.15, -0.1) is 0 Å². The van der Waals surface area contributed by atoms with Gasteiger partial charge in [-0.3, -0.25) is 4.79 Å². The number of rotatable bonds is 3. The van der Waals surface area contributed by atoms with Crippen LogP contribution in [0.5, 0.6) is 0 Å². The molecule has 0 aliphatic rings. The summed E-state index contributed by atoms with van der Waals surface area (Å²) in [7, 11) is 0. The van der Waals surface area contributed by atoms with Gasteiger partial charge in [0.2, 0.25) is 5.91 Å². The second-order valence-electron chi connectivity index (χ2n) is 5.38. The molecule has 0 saturated carbocycles. The van der Waals surface area contributed by atoms with E-state index in [2.05, 4.69) is 10.3 Å². The number of nitrogens with zero attached hydrogens (tertiary/aromatic N) is 1. The number of carbonyl (C=O) groups is 1. The Hall–Kier alpha value is -2.41. The number of carbonyl (C=O) groups excluding carboxylic acids is 1. The van der Waals surface area contributed by atoms with E-state index in [9.17, 15) is 18.0 Å². The molecule has 1 N–H and O–H groups in total. The van der Waals surface area contributed by atoms with Gasteiger partial charge < -0.3 is 5.32 Å². The van der Waals surface area contributed by atoms with Gasteiger partial charge in [0, 0.05) is 0 Å². The van der Waals surface area contributed by atoms with Gasteiger partial charge in [0.15, 0.2) is 5.13 Å². The monoisotopic (exact) mass is 350 g/mol. The van der Waals surface area contributed by atoms with Crippen LogP contribution in [-0.4, -0.2) is 10.9 Å². The molecule has 0 radical (unpaired) electrons. The van der Waals surface area contributed by atoms with Crippen LogP contribution in [0.2, 0.25) is 0 Å². The normalized spacial score (nSPS) is 11.7. The van der Waals surface area contributed by atoms with Crippen molar-refractivity contribution in [3.8, 4) is 0 Å². The summed E-state index contributed by atoms with van der Waals surface area (Å²) in [5, 5.41) is 2.75. The van der Waals surface area contributed by atoms with Crippen LogP contribution in [0.3, 0.4) is 0 Å². The van der Waals surface area contributed by atoms with Crippen molar-refractivity contribution < 1.29 is 18.0 Å². The largest absolute Gasteiger partial charge is 0.418 e. The Kier molecular flexibility index (Phi) is 4.28. The number of aryl methyl sites for hydroxylation is 1. The Labute approximate surface area is 140 Å². The molecule has 3 aromatic rings. The number of hydrogen-bond acceptors (Lipinski definition) is 3. The summed E-state index contributed by atoms with van der Waals surface area (Å²) in [6, 6.07) is 11.4. The molecule has 0 saturated heterocycles. The molecule has 0 bridgehead atoms. The van der Waals surface area contributed by atoms with Crippen molar-refractivity contribution >= 4 is 32.6 Å². The highest BCUT2D eigenvalue weighted by Gasteiger charge is 2.33. The lowest BCUT2D eigenvalue weighted by atomic mass is 10.1. The molecule has 3 nitrogen and oxygen atoms in total. The fraction of sp³-hybridized carbons (Fsp3) is 0.176. The maximum absolute atomic E-state index is 13.0. The average molecular weight is 350 g/mol. The highest BCUT2D eigenvalue weighted by molar-refractivity contribution is 7.22. The number of hydrogen-bond donors (Lipinski definition) is 1. The van der Waals surface area contributed by atoms with Gasteiger partial charge in [0.25, 0.3) is 0 Å². The maximum Gasteiger partial charge on any atom is 0.418 e. The second-order valence-corrected chi connectivity index (χ2v) is 6.41. The fourth-order valence-electron chi connectivity index (χ4n) is 2.40. The molecule has 24 heavy (non-hydrogen) atoms. The Morgan fingerprint density at radius 3 is 2.67 bits per heavy atom. The molecular formula is C17H13F3N2OS. The SMILES string of the molecule is Cc1cccc(CC(=O)Nc2nc3c(C(F)(F)F)cccc3s2)c1. The standard InChI is InChI=1S/C17H13F3N2OS/c1-10-4-2-5-11(8-10)9-14(23)21-16-22-15-12(17(18,19)20)6-3-7-13(15)24-16/h2-8H,9H2,1H3,(H,21,22,23). The lowest BCUT2D eigenvalue weighted by Gasteiger charge is -2.06. The van der Waals surface area contributed by atoms with Crippen molar-refractivity contribution in [1.82, 2.24) is 4.98 Å². The van der Waals surface area contributed by atoms with Gasteiger partial charge in [0.1, 0.15) is 0 Å². The van der Waals surface area contributed by atoms with Crippen molar-refractivity contribution in [2.75, 3.05) is 5.32 Å². The van der Waals surface area contributed by atoms with Crippen LogP contribution in [0.15, 0.2) is 42.5 Å². The molecule has 3 rings (SSSR count). The second kappa shape index (κ2) is 6.24. The smallest absolute Gasteiger partial charge is 0.302 e. The summed E-state index contributed by atoms with van der Waals surface area (Å²) < 4.78 is 39.4. The number of nitrogens with one attached hydrogen (secondary N) is 1. The first kappa shape index (κ1) is 16.4. The fourth-order valence-corrected chi connectivity index (χ4v) is 3.31. The van der Waals surface area contributed by atoms with Gasteiger partial charge in [0.05, 0.1) is 22.2 Å². The van der Waals surface area contributed by atoms with Crippen LogP contribution in [0.25, 0.3) is 10.2 Å². The van der Waals surface area contributed by atoms with E-state index in [0.717, 1.165) is 28.5 Å². The molecule has 124 valence electrons. The zero-order valence-corrected chi connectivity index (χ0v) is 13.5. The molecule has 0 fully saturated rings. The number of anilines is 1. The van der Waals surface area contributed by atoms with Crippen LogP contribution in [0.1, 0.15) is 16.7 Å². The number of halogens is 3. The lowest BCUT2D eigenvalue weighted by Crippen LogP contribution is -2.14. The van der Waals surface area contributed by atoms with Crippen molar-refractivity contribution in [3.63, 3.8) is 0 Å². The Bertz CT molecular complexity index is 902. The zero-order valence-electron chi connectivity index (χ0n) is 12.6. The van der Waals surface area contributed by atoms with Gasteiger partial charge in [-0.1, -0.05) is 47.2 Å². The first-order valence-corrected chi connectivity index (χ1v) is 7.97. The van der Waals surface area contributed by atoms with Crippen molar-refractivity contribution in [2.24, 2.45) is 0 Å². The van der Waals surface area contributed by atoms with Crippen LogP contribution < -0.4 is 5.32 Å². The Balaban J connectivity index is 1.82. The number of alkyl halides is 3. The molecule has 1 aromatic heterocycles. The number of aromatic nitrogens is 1. The Morgan fingerprint density at radius 2 is 1.96 bits per heavy atom. The van der Waals surface area contributed by atoms with E-state index in [1.165, 1.54) is 6.07 Å². The average Bonchev–Trinajstić information content (AvgIpc) is 2.87. The third-order valence-electron chi connectivity index (χ3n) is 3.42. The summed E-state index contributed by atoms with van der Waals surface area (Å²) in [5.41, 5.74) is 0.941. The van der Waals surface area contributed by atoms with Gasteiger partial charge >= 0.3 is 6.18 Å². The van der Waals surface area contributed by atoms with E-state index in [-0.39, 0.29) is 23.0 Å². The third-order valence-corrected chi connectivity index (χ3v) is 4.35. The zero-order chi connectivity index (χ0) is 17.3. The molecule has 0 spiro atoms. The molecule has 1 amide bonds. The summed E-state index contributed by atoms with van der Waals surface area (Å²) >= 11 is 1.03. The summed E-state index contributed by atoms with van der Waals surface area (Å²) in [6.45, 7) is 1.92. The highest BCUT2D eigenvalue weighted by Crippen LogP contribution is 2.37. The molecule has 0 atom stereocenters. The summed E-state index contributed by atoms with van der Waals surface area (Å²) in [5.74, 6) is -0.312. The number of amides is 1. The molecular weight excluding hydrogens is 337 g/mol. The van der Waals surface area contributed by atoms with Crippen molar-refractivity contribution in [1.29, 1.82) is 0 Å². The van der Waals surface area contributed by atoms with Crippen molar-refractivity contribution in [2.45, 2.75) is 19.5 Å². The van der Waals surface area contributed by atoms with Crippen LogP contribution in [0.4, 0.5) is 18.3 Å². The van der Waals surface area contributed by atoms with Crippen LogP contribution >= 0.6 is 11.3 Å². The molecule has 0 unspecified atom stereocenters. The third kappa shape index (κ3) is 3.56. The minimum atomic E-state index is -4.48. The minimum Gasteiger partial charge on any atom is -0.302 e. The van der Waals surface area contributed by atoms with E-state index >= 15 is 0 Å². The first-order chi connectivity index (χ1) is 11.3. The number of para-hydroxylation sites is 1. The lowest BCUT2D eigenvalue weighted by molar-refractivity contribution is -0.136. The number of thiazole rings is 1. The van der Waals surface area contributed by atoms with Crippen molar-refractivity contribution in [3.05, 3.63) is 59.2 Å². The molecule has 7 heteroatoms. The first-order valence-electron chi connectivity index (χ1n) is 7.15. The van der Waals surface area contributed by atoms with Gasteiger partial charge in [-0.25, -0.2) is 4.98 Å². The quantitative estimate of drug-likeness (QED) is 0.737. The number of fused-ring (bicyclic) bond motifs is 1. The summed E-state index contributed by atoms with van der Waals surface area (Å²) in [4.78, 5) is 16.0. The van der Waals surface area contributed by atoms with Crippen LogP contribution in [0, 0.1) is 6.92 Å². The molecule has 0 aliphatic heterocycles. The predicted octanol–water partition coefficient (Wildman–Crippen LogP) is 4.80. The summed E-state index contributed by atoms with van der Waals surface area (Å²) in [6.07, 6.45) is -4.33. The Morgan fingerprint density at radius 1 is 1.21 bits per heavy atom. The van der Waals surface area contributed by atoms with Crippen LogP contribution in [-0.2, 0) is 17.4 Å². The van der Waals surface area contributed by atoms with E-state index in [1.54, 1.807) is 6.07 Å². The minimum absolute atomic E-state index is 0.138. The molecule has 1 heterocycles. The van der Waals surface area contributed by atoms with Gasteiger partial charge in [-0.2, -0.15) is 13.2 Å². The van der Waals surface area contributed by atoms with E-state index in [0.29, 0.717) is 4.70 Å². The number of benzene rings is 2. The predicted molar refractivity (Wildman–Crippen MR) is 88.1 cm³/mol. The van der Waals surface area contributed by atoms with E-state index < -0.39 is 11.7 Å². The van der Waals surface area contributed by atoms with Gasteiger partial charge in [-0.05, 0) is 24.6 Å². The topological polar surface area (TPSA) is 42.0 Å².